The van der Waals surface area contributed by atoms with Crippen LogP contribution >= 0.6 is 11.6 Å². The van der Waals surface area contributed by atoms with Gasteiger partial charge < -0.3 is 5.32 Å². The maximum atomic E-state index is 6.04. The third-order valence-electron chi connectivity index (χ3n) is 4.26. The second kappa shape index (κ2) is 6.58. The number of hydrogen-bond donors (Lipinski definition) is 1. The summed E-state index contributed by atoms with van der Waals surface area (Å²) in [5.74, 6) is 0.963. The number of halogens is 1. The minimum absolute atomic E-state index is 0.395. The quantitative estimate of drug-likeness (QED) is 0.811. The van der Waals surface area contributed by atoms with Gasteiger partial charge >= 0.3 is 0 Å². The average molecular weight is 266 g/mol. The van der Waals surface area contributed by atoms with Gasteiger partial charge in [0.2, 0.25) is 0 Å². The van der Waals surface area contributed by atoms with E-state index < -0.39 is 0 Å². The molecule has 1 aliphatic rings. The van der Waals surface area contributed by atoms with Gasteiger partial charge in [-0.25, -0.2) is 0 Å². The highest BCUT2D eigenvalue weighted by Crippen LogP contribution is 2.28. The monoisotopic (exact) mass is 265 g/mol. The number of benzene rings is 1. The van der Waals surface area contributed by atoms with E-state index in [1.807, 2.05) is 12.1 Å². The molecule has 0 bridgehead atoms. The van der Waals surface area contributed by atoms with Gasteiger partial charge in [-0.15, -0.1) is 0 Å². The summed E-state index contributed by atoms with van der Waals surface area (Å²) >= 11 is 6.04. The Morgan fingerprint density at radius 3 is 2.61 bits per heavy atom. The molecular formula is C16H24ClN. The van der Waals surface area contributed by atoms with Gasteiger partial charge in [-0.2, -0.15) is 0 Å². The lowest BCUT2D eigenvalue weighted by atomic mass is 9.84. The lowest BCUT2D eigenvalue weighted by Gasteiger charge is -2.31. The molecule has 1 fully saturated rings. The van der Waals surface area contributed by atoms with Crippen LogP contribution in [0.2, 0.25) is 5.02 Å². The molecule has 1 atom stereocenters. The molecule has 1 aromatic carbocycles. The standard InChI is InChI=1S/C16H24ClN/c1-3-13-7-9-16(10-8-13)18-12(2)14-5-4-6-15(17)11-14/h4-6,11-13,16,18H,3,7-10H2,1-2H3/t12-,13?,16?/m1/s1. The second-order valence-electron chi connectivity index (χ2n) is 5.57. The summed E-state index contributed by atoms with van der Waals surface area (Å²) in [7, 11) is 0. The second-order valence-corrected chi connectivity index (χ2v) is 6.01. The van der Waals surface area contributed by atoms with Crippen molar-refractivity contribution in [2.45, 2.75) is 58.0 Å². The fourth-order valence-corrected chi connectivity index (χ4v) is 3.16. The minimum atomic E-state index is 0.395. The van der Waals surface area contributed by atoms with Gasteiger partial charge in [-0.05, 0) is 56.2 Å². The van der Waals surface area contributed by atoms with E-state index in [9.17, 15) is 0 Å². The zero-order chi connectivity index (χ0) is 13.0. The Labute approximate surface area is 116 Å². The molecule has 1 saturated carbocycles. The SMILES string of the molecule is CCC1CCC(N[C@H](C)c2cccc(Cl)c2)CC1. The zero-order valence-electron chi connectivity index (χ0n) is 11.5. The smallest absolute Gasteiger partial charge is 0.0409 e. The van der Waals surface area contributed by atoms with E-state index in [0.717, 1.165) is 10.9 Å². The Balaban J connectivity index is 1.86. The Morgan fingerprint density at radius 2 is 2.00 bits per heavy atom. The summed E-state index contributed by atoms with van der Waals surface area (Å²) in [5.41, 5.74) is 1.29. The van der Waals surface area contributed by atoms with Crippen LogP contribution in [0.15, 0.2) is 24.3 Å². The van der Waals surface area contributed by atoms with Gasteiger partial charge in [0, 0.05) is 17.1 Å². The van der Waals surface area contributed by atoms with E-state index in [1.165, 1.54) is 37.7 Å². The topological polar surface area (TPSA) is 12.0 Å². The van der Waals surface area contributed by atoms with Gasteiger partial charge in [0.25, 0.3) is 0 Å². The third kappa shape index (κ3) is 3.73. The molecule has 2 heteroatoms. The van der Waals surface area contributed by atoms with Crippen LogP contribution in [0.25, 0.3) is 0 Å². The normalized spacial score (nSPS) is 25.9. The summed E-state index contributed by atoms with van der Waals surface area (Å²) in [5, 5.41) is 4.58. The van der Waals surface area contributed by atoms with Gasteiger partial charge in [-0.3, -0.25) is 0 Å². The lowest BCUT2D eigenvalue weighted by Crippen LogP contribution is -2.34. The molecule has 0 heterocycles. The highest BCUT2D eigenvalue weighted by atomic mass is 35.5. The number of nitrogens with one attached hydrogen (secondary N) is 1. The Hall–Kier alpha value is -0.530. The van der Waals surface area contributed by atoms with Crippen molar-refractivity contribution in [1.82, 2.24) is 5.32 Å². The van der Waals surface area contributed by atoms with Crippen molar-refractivity contribution in [2.24, 2.45) is 5.92 Å². The van der Waals surface area contributed by atoms with Crippen LogP contribution in [0.3, 0.4) is 0 Å². The molecule has 0 spiro atoms. The molecule has 0 radical (unpaired) electrons. The molecule has 1 aromatic rings. The molecule has 1 nitrogen and oxygen atoms in total. The first kappa shape index (κ1) is 13.9. The van der Waals surface area contributed by atoms with Crippen molar-refractivity contribution in [3.05, 3.63) is 34.9 Å². The van der Waals surface area contributed by atoms with E-state index in [-0.39, 0.29) is 0 Å². The number of rotatable bonds is 4. The van der Waals surface area contributed by atoms with Gasteiger partial charge in [0.05, 0.1) is 0 Å². The Kier molecular flexibility index (Phi) is 5.08. The van der Waals surface area contributed by atoms with Crippen molar-refractivity contribution in [3.8, 4) is 0 Å². The predicted octanol–water partition coefficient (Wildman–Crippen LogP) is 4.96. The molecule has 0 aliphatic heterocycles. The summed E-state index contributed by atoms with van der Waals surface area (Å²) in [4.78, 5) is 0. The molecule has 100 valence electrons. The van der Waals surface area contributed by atoms with Crippen molar-refractivity contribution in [2.75, 3.05) is 0 Å². The van der Waals surface area contributed by atoms with Crippen LogP contribution < -0.4 is 5.32 Å². The molecule has 1 N–H and O–H groups in total. The van der Waals surface area contributed by atoms with Crippen molar-refractivity contribution < 1.29 is 0 Å². The molecule has 0 saturated heterocycles. The first-order valence-corrected chi connectivity index (χ1v) is 7.58. The molecular weight excluding hydrogens is 242 g/mol. The first-order chi connectivity index (χ1) is 8.69. The van der Waals surface area contributed by atoms with Crippen molar-refractivity contribution >= 4 is 11.6 Å². The van der Waals surface area contributed by atoms with E-state index >= 15 is 0 Å². The molecule has 0 amide bonds. The van der Waals surface area contributed by atoms with Gasteiger partial charge in [-0.1, -0.05) is 37.1 Å². The summed E-state index contributed by atoms with van der Waals surface area (Å²) in [6.07, 6.45) is 6.76. The fraction of sp³-hybridized carbons (Fsp3) is 0.625. The van der Waals surface area contributed by atoms with Gasteiger partial charge in [0.1, 0.15) is 0 Å². The van der Waals surface area contributed by atoms with Crippen LogP contribution in [0.1, 0.15) is 57.6 Å². The van der Waals surface area contributed by atoms with Crippen LogP contribution in [0, 0.1) is 5.92 Å². The van der Waals surface area contributed by atoms with Crippen LogP contribution in [0.5, 0.6) is 0 Å². The highest BCUT2D eigenvalue weighted by molar-refractivity contribution is 6.30. The van der Waals surface area contributed by atoms with Crippen LogP contribution in [-0.4, -0.2) is 6.04 Å². The molecule has 0 unspecified atom stereocenters. The fourth-order valence-electron chi connectivity index (χ4n) is 2.96. The Bertz CT molecular complexity index is 369. The average Bonchev–Trinajstić information content (AvgIpc) is 2.39. The maximum absolute atomic E-state index is 6.04. The van der Waals surface area contributed by atoms with E-state index in [0.29, 0.717) is 12.1 Å². The highest BCUT2D eigenvalue weighted by Gasteiger charge is 2.21. The zero-order valence-corrected chi connectivity index (χ0v) is 12.2. The van der Waals surface area contributed by atoms with Crippen LogP contribution in [0.4, 0.5) is 0 Å². The maximum Gasteiger partial charge on any atom is 0.0409 e. The molecule has 2 rings (SSSR count). The van der Waals surface area contributed by atoms with Crippen LogP contribution in [-0.2, 0) is 0 Å². The minimum Gasteiger partial charge on any atom is -0.307 e. The molecule has 0 aromatic heterocycles. The van der Waals surface area contributed by atoms with E-state index in [2.05, 4.69) is 31.3 Å². The predicted molar refractivity (Wildman–Crippen MR) is 79.0 cm³/mol. The first-order valence-electron chi connectivity index (χ1n) is 7.20. The summed E-state index contributed by atoms with van der Waals surface area (Å²) in [6, 6.07) is 9.26. The van der Waals surface area contributed by atoms with Crippen molar-refractivity contribution in [3.63, 3.8) is 0 Å². The van der Waals surface area contributed by atoms with E-state index in [1.54, 1.807) is 0 Å². The van der Waals surface area contributed by atoms with Gasteiger partial charge in [0.15, 0.2) is 0 Å². The Morgan fingerprint density at radius 1 is 1.28 bits per heavy atom. The largest absolute Gasteiger partial charge is 0.307 e. The third-order valence-corrected chi connectivity index (χ3v) is 4.49. The number of hydrogen-bond acceptors (Lipinski definition) is 1. The lowest BCUT2D eigenvalue weighted by molar-refractivity contribution is 0.273. The van der Waals surface area contributed by atoms with Crippen molar-refractivity contribution in [1.29, 1.82) is 0 Å². The summed E-state index contributed by atoms with van der Waals surface area (Å²) in [6.45, 7) is 4.55. The summed E-state index contributed by atoms with van der Waals surface area (Å²) < 4.78 is 0. The van der Waals surface area contributed by atoms with E-state index in [4.69, 9.17) is 11.6 Å². The molecule has 1 aliphatic carbocycles. The molecule has 18 heavy (non-hydrogen) atoms.